The predicted molar refractivity (Wildman–Crippen MR) is 88.2 cm³/mol. The second kappa shape index (κ2) is 7.26. The highest BCUT2D eigenvalue weighted by Crippen LogP contribution is 2.18. The van der Waals surface area contributed by atoms with Crippen molar-refractivity contribution < 1.29 is 9.52 Å². The molecule has 0 radical (unpaired) electrons. The molecule has 0 amide bonds. The number of para-hydroxylation sites is 1. The van der Waals surface area contributed by atoms with Gasteiger partial charge in [0.1, 0.15) is 11.9 Å². The molecule has 3 rings (SSSR count). The quantitative estimate of drug-likeness (QED) is 0.704. The van der Waals surface area contributed by atoms with E-state index in [-0.39, 0.29) is 6.04 Å². The molecular weight excluding hydrogens is 290 g/mol. The van der Waals surface area contributed by atoms with Crippen molar-refractivity contribution in [3.8, 4) is 5.69 Å². The fourth-order valence-corrected chi connectivity index (χ4v) is 2.47. The molecule has 2 aromatic heterocycles. The van der Waals surface area contributed by atoms with Crippen LogP contribution in [-0.4, -0.2) is 20.9 Å². The largest absolute Gasteiger partial charge is 0.467 e. The normalized spacial score (nSPS) is 13.8. The van der Waals surface area contributed by atoms with E-state index in [0.29, 0.717) is 18.7 Å². The topological polar surface area (TPSA) is 63.2 Å². The summed E-state index contributed by atoms with van der Waals surface area (Å²) >= 11 is 0. The lowest BCUT2D eigenvalue weighted by molar-refractivity contribution is 0.128. The van der Waals surface area contributed by atoms with Crippen LogP contribution < -0.4 is 5.32 Å². The monoisotopic (exact) mass is 311 g/mol. The molecule has 23 heavy (non-hydrogen) atoms. The molecule has 2 unspecified atom stereocenters. The molecule has 2 N–H and O–H groups in total. The molecule has 120 valence electrons. The zero-order valence-electron chi connectivity index (χ0n) is 13.1. The van der Waals surface area contributed by atoms with Crippen LogP contribution in [0.1, 0.15) is 30.9 Å². The van der Waals surface area contributed by atoms with Gasteiger partial charge in [0, 0.05) is 18.8 Å². The molecule has 0 bridgehead atoms. The molecule has 0 saturated carbocycles. The van der Waals surface area contributed by atoms with Gasteiger partial charge in [-0.3, -0.25) is 0 Å². The lowest BCUT2D eigenvalue weighted by Crippen LogP contribution is -2.27. The van der Waals surface area contributed by atoms with Gasteiger partial charge in [0.15, 0.2) is 0 Å². The SMILES string of the molecule is CC(CC(O)c1ccco1)NCc1ccn(-c2ccccc2)n1. The maximum absolute atomic E-state index is 10.1. The summed E-state index contributed by atoms with van der Waals surface area (Å²) in [6.07, 6.45) is 3.53. The van der Waals surface area contributed by atoms with Crippen molar-refractivity contribution in [1.82, 2.24) is 15.1 Å². The number of hydrogen-bond acceptors (Lipinski definition) is 4. The third-order valence-corrected chi connectivity index (χ3v) is 3.75. The average Bonchev–Trinajstić information content (AvgIpc) is 3.25. The van der Waals surface area contributed by atoms with Crippen LogP contribution in [0, 0.1) is 0 Å². The molecule has 0 spiro atoms. The first kappa shape index (κ1) is 15.5. The third kappa shape index (κ3) is 4.09. The lowest BCUT2D eigenvalue weighted by Gasteiger charge is -2.16. The van der Waals surface area contributed by atoms with Crippen molar-refractivity contribution in [1.29, 1.82) is 0 Å². The Bertz CT molecular complexity index is 707. The minimum atomic E-state index is -0.589. The van der Waals surface area contributed by atoms with E-state index in [1.807, 2.05) is 54.2 Å². The molecular formula is C18H21N3O2. The molecule has 0 aliphatic heterocycles. The molecule has 0 aliphatic rings. The van der Waals surface area contributed by atoms with E-state index in [0.717, 1.165) is 11.4 Å². The van der Waals surface area contributed by atoms with Gasteiger partial charge in [0.2, 0.25) is 0 Å². The van der Waals surface area contributed by atoms with Crippen molar-refractivity contribution in [2.45, 2.75) is 32.0 Å². The van der Waals surface area contributed by atoms with E-state index in [1.54, 1.807) is 18.4 Å². The highest BCUT2D eigenvalue weighted by Gasteiger charge is 2.14. The van der Waals surface area contributed by atoms with Gasteiger partial charge in [-0.2, -0.15) is 5.10 Å². The number of rotatable bonds is 7. The second-order valence-corrected chi connectivity index (χ2v) is 5.64. The van der Waals surface area contributed by atoms with Crippen molar-refractivity contribution in [3.63, 3.8) is 0 Å². The number of aromatic nitrogens is 2. The molecule has 0 aliphatic carbocycles. The van der Waals surface area contributed by atoms with Gasteiger partial charge in [0.05, 0.1) is 17.6 Å². The standard InChI is InChI=1S/C18H21N3O2/c1-14(12-17(22)18-8-5-11-23-18)19-13-15-9-10-21(20-15)16-6-3-2-4-7-16/h2-11,14,17,19,22H,12-13H2,1H3. The summed E-state index contributed by atoms with van der Waals surface area (Å²) in [5, 5.41) is 18.0. The van der Waals surface area contributed by atoms with E-state index >= 15 is 0 Å². The van der Waals surface area contributed by atoms with Crippen molar-refractivity contribution in [2.75, 3.05) is 0 Å². The van der Waals surface area contributed by atoms with Crippen molar-refractivity contribution in [2.24, 2.45) is 0 Å². The van der Waals surface area contributed by atoms with Crippen LogP contribution in [0.3, 0.4) is 0 Å². The van der Waals surface area contributed by atoms with Gasteiger partial charge < -0.3 is 14.8 Å². The number of nitrogens with zero attached hydrogens (tertiary/aromatic N) is 2. The van der Waals surface area contributed by atoms with Crippen LogP contribution in [0.5, 0.6) is 0 Å². The Kier molecular flexibility index (Phi) is 4.90. The summed E-state index contributed by atoms with van der Waals surface area (Å²) in [6, 6.07) is 15.7. The van der Waals surface area contributed by atoms with Gasteiger partial charge in [-0.1, -0.05) is 18.2 Å². The summed E-state index contributed by atoms with van der Waals surface area (Å²) < 4.78 is 7.08. The first-order chi connectivity index (χ1) is 11.2. The van der Waals surface area contributed by atoms with Crippen LogP contribution in [0.15, 0.2) is 65.4 Å². The number of aliphatic hydroxyl groups excluding tert-OH is 1. The summed E-state index contributed by atoms with van der Waals surface area (Å²) in [5.74, 6) is 0.604. The average molecular weight is 311 g/mol. The van der Waals surface area contributed by atoms with Gasteiger partial charge in [0.25, 0.3) is 0 Å². The van der Waals surface area contributed by atoms with E-state index in [2.05, 4.69) is 10.4 Å². The Hall–Kier alpha value is -2.37. The Morgan fingerprint density at radius 3 is 2.74 bits per heavy atom. The van der Waals surface area contributed by atoms with E-state index < -0.39 is 6.10 Å². The minimum absolute atomic E-state index is 0.150. The van der Waals surface area contributed by atoms with Crippen LogP contribution in [0.25, 0.3) is 5.69 Å². The first-order valence-corrected chi connectivity index (χ1v) is 7.77. The van der Waals surface area contributed by atoms with Crippen LogP contribution in [0.4, 0.5) is 0 Å². The van der Waals surface area contributed by atoms with Crippen LogP contribution >= 0.6 is 0 Å². The molecule has 2 atom stereocenters. The number of benzene rings is 1. The number of furan rings is 1. The molecule has 5 nitrogen and oxygen atoms in total. The van der Waals surface area contributed by atoms with E-state index in [9.17, 15) is 5.11 Å². The Morgan fingerprint density at radius 1 is 1.17 bits per heavy atom. The maximum Gasteiger partial charge on any atom is 0.132 e. The van der Waals surface area contributed by atoms with Crippen LogP contribution in [0.2, 0.25) is 0 Å². The Labute approximate surface area is 135 Å². The second-order valence-electron chi connectivity index (χ2n) is 5.64. The summed E-state index contributed by atoms with van der Waals surface area (Å²) in [5.41, 5.74) is 2.01. The molecule has 0 saturated heterocycles. The fourth-order valence-electron chi connectivity index (χ4n) is 2.47. The van der Waals surface area contributed by atoms with Crippen molar-refractivity contribution >= 4 is 0 Å². The zero-order chi connectivity index (χ0) is 16.1. The molecule has 0 fully saturated rings. The molecule has 2 heterocycles. The van der Waals surface area contributed by atoms with Gasteiger partial charge >= 0.3 is 0 Å². The smallest absolute Gasteiger partial charge is 0.132 e. The van der Waals surface area contributed by atoms with Crippen LogP contribution in [-0.2, 0) is 6.54 Å². The summed E-state index contributed by atoms with van der Waals surface area (Å²) in [7, 11) is 0. The highest BCUT2D eigenvalue weighted by atomic mass is 16.4. The molecule has 5 heteroatoms. The Balaban J connectivity index is 1.51. The molecule has 1 aromatic carbocycles. The predicted octanol–water partition coefficient (Wildman–Crippen LogP) is 3.07. The number of nitrogens with one attached hydrogen (secondary N) is 1. The maximum atomic E-state index is 10.1. The minimum Gasteiger partial charge on any atom is -0.467 e. The Morgan fingerprint density at radius 2 is 2.00 bits per heavy atom. The van der Waals surface area contributed by atoms with E-state index in [1.165, 1.54) is 0 Å². The van der Waals surface area contributed by atoms with Gasteiger partial charge in [-0.25, -0.2) is 4.68 Å². The number of aliphatic hydroxyl groups is 1. The fraction of sp³-hybridized carbons (Fsp3) is 0.278. The zero-order valence-corrected chi connectivity index (χ0v) is 13.1. The van der Waals surface area contributed by atoms with Gasteiger partial charge in [-0.05, 0) is 43.7 Å². The number of hydrogen-bond donors (Lipinski definition) is 2. The van der Waals surface area contributed by atoms with E-state index in [4.69, 9.17) is 4.42 Å². The summed E-state index contributed by atoms with van der Waals surface area (Å²) in [6.45, 7) is 2.70. The summed E-state index contributed by atoms with van der Waals surface area (Å²) in [4.78, 5) is 0. The first-order valence-electron chi connectivity index (χ1n) is 7.77. The van der Waals surface area contributed by atoms with Gasteiger partial charge in [-0.15, -0.1) is 0 Å². The highest BCUT2D eigenvalue weighted by molar-refractivity contribution is 5.30. The lowest BCUT2D eigenvalue weighted by atomic mass is 10.1. The third-order valence-electron chi connectivity index (χ3n) is 3.75. The van der Waals surface area contributed by atoms with Crippen molar-refractivity contribution in [3.05, 3.63) is 72.4 Å². The molecule has 3 aromatic rings.